The second-order valence-electron chi connectivity index (χ2n) is 7.02. The van der Waals surface area contributed by atoms with Gasteiger partial charge >= 0.3 is 5.97 Å². The number of carbonyl (C=O) groups is 2. The number of ether oxygens (including phenoxy) is 2. The molecule has 154 valence electrons. The smallest absolute Gasteiger partial charge is 0.340 e. The highest BCUT2D eigenvalue weighted by Crippen LogP contribution is 2.29. The Labute approximate surface area is 165 Å². The molecule has 0 spiro atoms. The maximum atomic E-state index is 13.0. The van der Waals surface area contributed by atoms with E-state index in [9.17, 15) is 18.0 Å². The van der Waals surface area contributed by atoms with Crippen molar-refractivity contribution in [3.05, 3.63) is 23.8 Å². The zero-order valence-corrected chi connectivity index (χ0v) is 16.9. The topological polar surface area (TPSA) is 93.2 Å². The van der Waals surface area contributed by atoms with Crippen LogP contribution >= 0.6 is 0 Å². The molecular weight excluding hydrogens is 384 g/mol. The number of anilines is 1. The fourth-order valence-corrected chi connectivity index (χ4v) is 4.87. The van der Waals surface area contributed by atoms with E-state index in [1.54, 1.807) is 6.07 Å². The average molecular weight is 410 g/mol. The maximum Gasteiger partial charge on any atom is 0.340 e. The van der Waals surface area contributed by atoms with Crippen LogP contribution in [0.15, 0.2) is 23.1 Å². The molecule has 0 unspecified atom stereocenters. The van der Waals surface area contributed by atoms with E-state index in [2.05, 4.69) is 4.90 Å². The Morgan fingerprint density at radius 3 is 2.39 bits per heavy atom. The molecule has 1 aromatic carbocycles. The van der Waals surface area contributed by atoms with Crippen LogP contribution in [0, 0.1) is 0 Å². The van der Waals surface area contributed by atoms with Crippen LogP contribution in [0.25, 0.3) is 0 Å². The minimum absolute atomic E-state index is 0.0462. The van der Waals surface area contributed by atoms with Gasteiger partial charge in [0.05, 0.1) is 29.4 Å². The number of benzene rings is 1. The first-order valence-electron chi connectivity index (χ1n) is 9.53. The van der Waals surface area contributed by atoms with E-state index < -0.39 is 16.0 Å². The zero-order chi connectivity index (χ0) is 20.1. The van der Waals surface area contributed by atoms with E-state index in [4.69, 9.17) is 9.47 Å². The van der Waals surface area contributed by atoms with Gasteiger partial charge in [0.1, 0.15) is 6.61 Å². The first-order chi connectivity index (χ1) is 13.4. The summed E-state index contributed by atoms with van der Waals surface area (Å²) in [5.74, 6) is -0.959. The number of nitrogens with zero attached hydrogens (tertiary/aromatic N) is 2. The van der Waals surface area contributed by atoms with Crippen molar-refractivity contribution in [1.29, 1.82) is 0 Å². The van der Waals surface area contributed by atoms with Gasteiger partial charge in [0.15, 0.2) is 5.78 Å². The number of ketones is 1. The Bertz CT molecular complexity index is 827. The fourth-order valence-electron chi connectivity index (χ4n) is 3.43. The minimum Gasteiger partial charge on any atom is -0.454 e. The third kappa shape index (κ3) is 4.71. The van der Waals surface area contributed by atoms with Crippen molar-refractivity contribution >= 4 is 27.5 Å². The maximum absolute atomic E-state index is 13.0. The Morgan fingerprint density at radius 1 is 1.07 bits per heavy atom. The van der Waals surface area contributed by atoms with Gasteiger partial charge in [0.2, 0.25) is 10.0 Å². The van der Waals surface area contributed by atoms with E-state index in [1.165, 1.54) is 23.4 Å². The monoisotopic (exact) mass is 410 g/mol. The van der Waals surface area contributed by atoms with E-state index in [0.29, 0.717) is 18.9 Å². The first kappa shape index (κ1) is 20.8. The number of hydrogen-bond acceptors (Lipinski definition) is 7. The summed E-state index contributed by atoms with van der Waals surface area (Å²) < 4.78 is 37.6. The van der Waals surface area contributed by atoms with Crippen molar-refractivity contribution in [2.24, 2.45) is 0 Å². The summed E-state index contributed by atoms with van der Waals surface area (Å²) in [5.41, 5.74) is 0.826. The zero-order valence-electron chi connectivity index (χ0n) is 16.1. The highest BCUT2D eigenvalue weighted by Gasteiger charge is 2.29. The predicted molar refractivity (Wildman–Crippen MR) is 103 cm³/mol. The van der Waals surface area contributed by atoms with Crippen LogP contribution in [-0.4, -0.2) is 70.5 Å². The Kier molecular flexibility index (Phi) is 6.69. The summed E-state index contributed by atoms with van der Waals surface area (Å²) >= 11 is 0. The summed E-state index contributed by atoms with van der Waals surface area (Å²) in [6, 6.07) is 4.58. The average Bonchev–Trinajstić information content (AvgIpc) is 2.72. The number of sulfonamides is 1. The quantitative estimate of drug-likeness (QED) is 0.655. The van der Waals surface area contributed by atoms with Crippen molar-refractivity contribution < 1.29 is 27.5 Å². The molecule has 2 aliphatic heterocycles. The summed E-state index contributed by atoms with van der Waals surface area (Å²) in [7, 11) is -3.74. The van der Waals surface area contributed by atoms with Crippen LogP contribution in [0.1, 0.15) is 36.5 Å². The largest absolute Gasteiger partial charge is 0.454 e. The second-order valence-corrected chi connectivity index (χ2v) is 8.96. The number of morpholine rings is 1. The Morgan fingerprint density at radius 2 is 1.75 bits per heavy atom. The lowest BCUT2D eigenvalue weighted by Crippen LogP contribution is -2.40. The van der Waals surface area contributed by atoms with Crippen LogP contribution in [0.5, 0.6) is 0 Å². The predicted octanol–water partition coefficient (Wildman–Crippen LogP) is 1.44. The number of carbonyl (C=O) groups excluding carboxylic acids is 2. The Balaban J connectivity index is 1.95. The molecule has 9 heteroatoms. The van der Waals surface area contributed by atoms with Crippen molar-refractivity contribution in [3.63, 3.8) is 0 Å². The normalized spacial score (nSPS) is 18.7. The molecule has 0 amide bonds. The van der Waals surface area contributed by atoms with E-state index in [-0.39, 0.29) is 35.9 Å². The molecule has 8 nitrogen and oxygen atoms in total. The SMILES string of the molecule is CC(=O)COC(=O)c1cc(S(=O)(=O)N2CCOCC2)ccc1N1CCCCC1. The van der Waals surface area contributed by atoms with Gasteiger partial charge in [-0.2, -0.15) is 4.31 Å². The fraction of sp³-hybridized carbons (Fsp3) is 0.579. The van der Waals surface area contributed by atoms with Gasteiger partial charge in [-0.05, 0) is 44.4 Å². The third-order valence-electron chi connectivity index (χ3n) is 4.90. The van der Waals surface area contributed by atoms with Gasteiger partial charge in [-0.1, -0.05) is 0 Å². The molecule has 0 atom stereocenters. The second kappa shape index (κ2) is 9.02. The van der Waals surface area contributed by atoms with Gasteiger partial charge in [-0.3, -0.25) is 4.79 Å². The van der Waals surface area contributed by atoms with Gasteiger partial charge in [-0.15, -0.1) is 0 Å². The van der Waals surface area contributed by atoms with Crippen LogP contribution in [0.3, 0.4) is 0 Å². The standard InChI is InChI=1S/C19H26N2O6S/c1-15(22)14-27-19(23)17-13-16(28(24,25)21-9-11-26-12-10-21)5-6-18(17)20-7-3-2-4-8-20/h5-6,13H,2-4,7-12,14H2,1H3. The molecule has 2 heterocycles. The molecule has 0 aromatic heterocycles. The number of esters is 1. The summed E-state index contributed by atoms with van der Waals surface area (Å²) in [6.07, 6.45) is 3.15. The molecule has 2 aliphatic rings. The molecule has 0 radical (unpaired) electrons. The lowest BCUT2D eigenvalue weighted by molar-refractivity contribution is -0.120. The van der Waals surface area contributed by atoms with Gasteiger partial charge in [-0.25, -0.2) is 13.2 Å². The van der Waals surface area contributed by atoms with Gasteiger partial charge < -0.3 is 14.4 Å². The van der Waals surface area contributed by atoms with Crippen LogP contribution in [-0.2, 0) is 24.3 Å². The summed E-state index contributed by atoms with van der Waals surface area (Å²) in [4.78, 5) is 26.0. The molecule has 2 saturated heterocycles. The van der Waals surface area contributed by atoms with E-state index >= 15 is 0 Å². The van der Waals surface area contributed by atoms with Gasteiger partial charge in [0, 0.05) is 26.2 Å². The number of piperidine rings is 1. The van der Waals surface area contributed by atoms with Crippen molar-refractivity contribution in [3.8, 4) is 0 Å². The third-order valence-corrected chi connectivity index (χ3v) is 6.79. The van der Waals surface area contributed by atoms with Crippen LogP contribution in [0.2, 0.25) is 0 Å². The molecule has 0 saturated carbocycles. The van der Waals surface area contributed by atoms with Crippen molar-refractivity contribution in [2.45, 2.75) is 31.1 Å². The van der Waals surface area contributed by atoms with Crippen molar-refractivity contribution in [1.82, 2.24) is 4.31 Å². The number of hydrogen-bond donors (Lipinski definition) is 0. The number of rotatable bonds is 6. The van der Waals surface area contributed by atoms with E-state index in [0.717, 1.165) is 32.4 Å². The van der Waals surface area contributed by atoms with Crippen LogP contribution in [0.4, 0.5) is 5.69 Å². The molecule has 28 heavy (non-hydrogen) atoms. The highest BCUT2D eigenvalue weighted by atomic mass is 32.2. The molecule has 0 bridgehead atoms. The van der Waals surface area contributed by atoms with Crippen LogP contribution < -0.4 is 4.90 Å². The summed E-state index contributed by atoms with van der Waals surface area (Å²) in [6.45, 7) is 3.83. The van der Waals surface area contributed by atoms with E-state index in [1.807, 2.05) is 0 Å². The molecule has 3 rings (SSSR count). The molecule has 0 aliphatic carbocycles. The lowest BCUT2D eigenvalue weighted by atomic mass is 10.1. The Hall–Kier alpha value is -1.97. The molecule has 2 fully saturated rings. The first-order valence-corrected chi connectivity index (χ1v) is 11.0. The van der Waals surface area contributed by atoms with Gasteiger partial charge in [0.25, 0.3) is 0 Å². The molecule has 1 aromatic rings. The molecular formula is C19H26N2O6S. The summed E-state index contributed by atoms with van der Waals surface area (Å²) in [5, 5.41) is 0. The lowest BCUT2D eigenvalue weighted by Gasteiger charge is -2.31. The highest BCUT2D eigenvalue weighted by molar-refractivity contribution is 7.89. The molecule has 0 N–H and O–H groups in total. The van der Waals surface area contributed by atoms with Crippen molar-refractivity contribution in [2.75, 3.05) is 50.9 Å². The number of Topliss-reactive ketones (excluding diaryl/α,β-unsaturated/α-hetero) is 1. The minimum atomic E-state index is -3.74.